The molecule has 0 aromatic carbocycles. The van der Waals surface area contributed by atoms with Crippen molar-refractivity contribution in [3.05, 3.63) is 18.4 Å². The number of nitrogens with zero attached hydrogens (tertiary/aromatic N) is 2. The van der Waals surface area contributed by atoms with Crippen LogP contribution in [0.15, 0.2) is 11.0 Å². The third-order valence-corrected chi connectivity index (χ3v) is 5.32. The van der Waals surface area contributed by atoms with E-state index in [2.05, 4.69) is 31.6 Å². The Bertz CT molecular complexity index is 822. The zero-order chi connectivity index (χ0) is 24.2. The lowest BCUT2D eigenvalue weighted by atomic mass is 9.82. The number of nitrogens with one attached hydrogen (secondary N) is 1. The molecule has 2 fully saturated rings. The number of carbonyl (C=O) groups excluding carboxylic acids is 1. The van der Waals surface area contributed by atoms with Gasteiger partial charge in [0.15, 0.2) is 0 Å². The molecule has 1 heterocycles. The first-order valence-corrected chi connectivity index (χ1v) is 10.3. The summed E-state index contributed by atoms with van der Waals surface area (Å²) in [7, 11) is 0. The zero-order valence-electron chi connectivity index (χ0n) is 17.4. The molecule has 1 amide bonds. The highest BCUT2D eigenvalue weighted by Crippen LogP contribution is 2.41. The van der Waals surface area contributed by atoms with E-state index in [1.54, 1.807) is 0 Å². The van der Waals surface area contributed by atoms with Crippen molar-refractivity contribution in [1.82, 2.24) is 15.5 Å². The summed E-state index contributed by atoms with van der Waals surface area (Å²) in [5.41, 5.74) is 0.431. The van der Waals surface area contributed by atoms with Crippen molar-refractivity contribution in [3.63, 3.8) is 0 Å². The molecule has 2 aliphatic carbocycles. The normalized spacial score (nSPS) is 25.6. The van der Waals surface area contributed by atoms with Crippen molar-refractivity contribution in [2.24, 2.45) is 0 Å². The van der Waals surface area contributed by atoms with Gasteiger partial charge in [-0.15, -0.1) is 36.5 Å². The van der Waals surface area contributed by atoms with Crippen molar-refractivity contribution < 1.29 is 49.8 Å². The van der Waals surface area contributed by atoms with E-state index in [1.165, 1.54) is 0 Å². The predicted molar refractivity (Wildman–Crippen MR) is 98.4 cm³/mol. The number of aromatic nitrogens is 2. The summed E-state index contributed by atoms with van der Waals surface area (Å²) < 4.78 is 91.8. The largest absolute Gasteiger partial charge is 0.522 e. The second kappa shape index (κ2) is 10.4. The Balaban J connectivity index is 1.30. The van der Waals surface area contributed by atoms with Crippen molar-refractivity contribution >= 4 is 11.5 Å². The number of amides is 1. The van der Waals surface area contributed by atoms with E-state index in [0.29, 0.717) is 12.0 Å². The number of alkyl halides is 6. The summed E-state index contributed by atoms with van der Waals surface area (Å²) in [5.74, 6) is -0.438. The number of carbonyl (C=O) groups is 1. The van der Waals surface area contributed by atoms with Crippen molar-refractivity contribution in [2.75, 3.05) is 13.2 Å². The van der Waals surface area contributed by atoms with E-state index in [1.807, 2.05) is 0 Å². The molecule has 14 heteroatoms. The van der Waals surface area contributed by atoms with Gasteiger partial charge in [-0.05, 0) is 32.1 Å². The highest BCUT2D eigenvalue weighted by atomic mass is 19.4. The molecule has 0 bridgehead atoms. The van der Waals surface area contributed by atoms with Crippen LogP contribution in [0.25, 0.3) is 5.57 Å². The topological polar surface area (TPSA) is 95.7 Å². The molecule has 0 saturated heterocycles. The molecule has 0 unspecified atom stereocenters. The second-order valence-corrected chi connectivity index (χ2v) is 7.93. The maximum absolute atomic E-state index is 12.2. The number of hydrogen-bond acceptors (Lipinski definition) is 7. The average molecular weight is 487 g/mol. The maximum atomic E-state index is 12.2. The molecule has 33 heavy (non-hydrogen) atoms. The van der Waals surface area contributed by atoms with Gasteiger partial charge in [0.1, 0.15) is 6.61 Å². The summed E-state index contributed by atoms with van der Waals surface area (Å²) in [6.45, 7) is 3.66. The lowest BCUT2D eigenvalue weighted by Crippen LogP contribution is -2.34. The van der Waals surface area contributed by atoms with Crippen LogP contribution in [0.4, 0.5) is 26.3 Å². The lowest BCUT2D eigenvalue weighted by molar-refractivity contribution is -0.352. The minimum atomic E-state index is -4.69. The van der Waals surface area contributed by atoms with Crippen LogP contribution in [0.2, 0.25) is 0 Å². The summed E-state index contributed by atoms with van der Waals surface area (Å²) in [5, 5.41) is 10.2. The van der Waals surface area contributed by atoms with E-state index >= 15 is 0 Å². The molecule has 0 aliphatic heterocycles. The third kappa shape index (κ3) is 8.27. The Morgan fingerprint density at radius 1 is 1.00 bits per heavy atom. The molecule has 2 aliphatic rings. The smallest absolute Gasteiger partial charge is 0.421 e. The molecule has 0 radical (unpaired) electrons. The Morgan fingerprint density at radius 2 is 1.64 bits per heavy atom. The third-order valence-electron chi connectivity index (χ3n) is 5.32. The fourth-order valence-corrected chi connectivity index (χ4v) is 3.65. The second-order valence-electron chi connectivity index (χ2n) is 7.93. The van der Waals surface area contributed by atoms with Gasteiger partial charge in [0.25, 0.3) is 0 Å². The molecule has 1 N–H and O–H groups in total. The number of halogens is 6. The Labute approximate surface area is 184 Å². The first-order chi connectivity index (χ1) is 15.4. The monoisotopic (exact) mass is 487 g/mol. The van der Waals surface area contributed by atoms with E-state index in [4.69, 9.17) is 9.15 Å². The summed E-state index contributed by atoms with van der Waals surface area (Å²) >= 11 is 0. The van der Waals surface area contributed by atoms with E-state index in [9.17, 15) is 31.1 Å². The zero-order valence-corrected chi connectivity index (χ0v) is 17.4. The highest BCUT2D eigenvalue weighted by molar-refractivity contribution is 5.77. The van der Waals surface area contributed by atoms with Gasteiger partial charge < -0.3 is 14.5 Å². The molecule has 3 rings (SSSR count). The fourth-order valence-electron chi connectivity index (χ4n) is 3.65. The molecule has 0 spiro atoms. The molecule has 186 valence electrons. The number of hydrogen-bond donors (Lipinski definition) is 1. The quantitative estimate of drug-likeness (QED) is 0.501. The fraction of sp³-hybridized carbons (Fsp3) is 0.737. The van der Waals surface area contributed by atoms with Crippen LogP contribution >= 0.6 is 0 Å². The summed E-state index contributed by atoms with van der Waals surface area (Å²) in [6.07, 6.45) is -10.6. The van der Waals surface area contributed by atoms with Crippen molar-refractivity contribution in [2.45, 2.75) is 75.5 Å². The molecule has 1 aromatic heterocycles. The van der Waals surface area contributed by atoms with Gasteiger partial charge in [-0.3, -0.25) is 14.3 Å². The molecular weight excluding hydrogens is 464 g/mol. The van der Waals surface area contributed by atoms with E-state index in [0.717, 1.165) is 0 Å². The van der Waals surface area contributed by atoms with Gasteiger partial charge in [-0.25, -0.2) is 0 Å². The Kier molecular flexibility index (Phi) is 8.00. The van der Waals surface area contributed by atoms with Crippen LogP contribution in [-0.4, -0.2) is 60.3 Å². The van der Waals surface area contributed by atoms with Gasteiger partial charge in [0, 0.05) is 24.5 Å². The maximum Gasteiger partial charge on any atom is 0.522 e. The number of rotatable bonds is 10. The Morgan fingerprint density at radius 3 is 2.30 bits per heavy atom. The van der Waals surface area contributed by atoms with Crippen molar-refractivity contribution in [1.29, 1.82) is 0 Å². The minimum absolute atomic E-state index is 0.0627. The van der Waals surface area contributed by atoms with Crippen LogP contribution in [0.5, 0.6) is 0 Å². The van der Waals surface area contributed by atoms with Crippen molar-refractivity contribution in [3.8, 4) is 0 Å². The average Bonchev–Trinajstić information content (AvgIpc) is 3.30. The van der Waals surface area contributed by atoms with E-state index in [-0.39, 0.29) is 63.0 Å². The van der Waals surface area contributed by atoms with Crippen LogP contribution in [-0.2, 0) is 19.0 Å². The summed E-state index contributed by atoms with van der Waals surface area (Å²) in [4.78, 5) is 11.9. The summed E-state index contributed by atoms with van der Waals surface area (Å²) in [6, 6.07) is 0. The van der Waals surface area contributed by atoms with Gasteiger partial charge in [0.2, 0.25) is 17.7 Å². The van der Waals surface area contributed by atoms with Crippen LogP contribution in [0.3, 0.4) is 0 Å². The van der Waals surface area contributed by atoms with Gasteiger partial charge >= 0.3 is 12.7 Å². The van der Waals surface area contributed by atoms with Crippen LogP contribution < -0.4 is 5.32 Å². The van der Waals surface area contributed by atoms with E-state index < -0.39 is 36.9 Å². The molecule has 2 atom stereocenters. The predicted octanol–water partition coefficient (Wildman–Crippen LogP) is 3.85. The SMILES string of the molecule is C=C(CCNC(=O)CO[C@@H]1CC[C@H](OC(F)(F)F)C1)c1nnc([C@H]2C[C@@H](OC(F)(F)F)C2)o1. The van der Waals surface area contributed by atoms with Gasteiger partial charge in [-0.2, -0.15) is 0 Å². The molecule has 2 saturated carbocycles. The van der Waals surface area contributed by atoms with Crippen LogP contribution in [0, 0.1) is 0 Å². The first-order valence-electron chi connectivity index (χ1n) is 10.3. The standard InChI is InChI=1S/C19H23F6N3O5/c1-10(16-27-28-17(31-16)11-6-14(7-11)33-19(23,24)25)4-5-26-15(29)9-30-12-2-3-13(8-12)32-18(20,21)22/h11-14H,1-9H2,(H,26,29)/t11-,12-,13+,14+/m1/s1. The van der Waals surface area contributed by atoms with Gasteiger partial charge in [-0.1, -0.05) is 6.58 Å². The molecule has 1 aromatic rings. The van der Waals surface area contributed by atoms with Crippen LogP contribution in [0.1, 0.15) is 56.2 Å². The minimum Gasteiger partial charge on any atom is -0.421 e. The lowest BCUT2D eigenvalue weighted by Gasteiger charge is -2.32. The molecule has 8 nitrogen and oxygen atoms in total. The Hall–Kier alpha value is -2.19. The van der Waals surface area contributed by atoms with Gasteiger partial charge in [0.05, 0.1) is 18.3 Å². The highest BCUT2D eigenvalue weighted by Gasteiger charge is 2.42. The first kappa shape index (κ1) is 25.4. The number of ether oxygens (including phenoxy) is 3. The molecular formula is C19H23F6N3O5.